The van der Waals surface area contributed by atoms with Gasteiger partial charge in [0.25, 0.3) is 5.56 Å². The van der Waals surface area contributed by atoms with E-state index in [0.717, 1.165) is 0 Å². The smallest absolute Gasteiger partial charge is 0.251 e. The first kappa shape index (κ1) is 10.6. The van der Waals surface area contributed by atoms with Gasteiger partial charge in [0.1, 0.15) is 0 Å². The van der Waals surface area contributed by atoms with E-state index in [1.165, 1.54) is 25.7 Å². The van der Waals surface area contributed by atoms with Crippen LogP contribution in [0, 0.1) is 10.7 Å². The maximum atomic E-state index is 11.1. The molecule has 4 heteroatoms. The van der Waals surface area contributed by atoms with Crippen molar-refractivity contribution in [3.05, 3.63) is 27.4 Å². The molecule has 1 aromatic heterocycles. The number of nitrogens with one attached hydrogen (secondary N) is 1. The molecule has 1 unspecified atom stereocenters. The minimum atomic E-state index is -0.116. The summed E-state index contributed by atoms with van der Waals surface area (Å²) < 4.78 is 2.55. The zero-order valence-electron chi connectivity index (χ0n) is 8.90. The van der Waals surface area contributed by atoms with Crippen LogP contribution < -0.4 is 5.56 Å². The van der Waals surface area contributed by atoms with E-state index in [1.807, 2.05) is 10.8 Å². The van der Waals surface area contributed by atoms with E-state index in [1.54, 1.807) is 6.07 Å². The van der Waals surface area contributed by atoms with Crippen LogP contribution in [0.2, 0.25) is 0 Å². The Morgan fingerprint density at radius 1 is 1.53 bits per heavy atom. The van der Waals surface area contributed by atoms with Crippen molar-refractivity contribution >= 4 is 12.2 Å². The number of nitrogens with zero attached hydrogens (tertiary/aromatic N) is 1. The number of rotatable bonds is 2. The van der Waals surface area contributed by atoms with Gasteiger partial charge in [0.15, 0.2) is 4.77 Å². The molecular weight excluding hydrogens is 208 g/mol. The third-order valence-electron chi connectivity index (χ3n) is 3.37. The van der Waals surface area contributed by atoms with Crippen LogP contribution in [-0.2, 0) is 0 Å². The highest BCUT2D eigenvalue weighted by molar-refractivity contribution is 7.71. The Morgan fingerprint density at radius 2 is 2.20 bits per heavy atom. The van der Waals surface area contributed by atoms with Crippen LogP contribution in [0.15, 0.2) is 17.1 Å². The Hall–Kier alpha value is -0.900. The molecule has 0 bridgehead atoms. The highest BCUT2D eigenvalue weighted by Crippen LogP contribution is 2.33. The van der Waals surface area contributed by atoms with Crippen molar-refractivity contribution in [1.82, 2.24) is 9.55 Å². The largest absolute Gasteiger partial charge is 0.322 e. The average molecular weight is 224 g/mol. The van der Waals surface area contributed by atoms with Crippen molar-refractivity contribution in [1.29, 1.82) is 0 Å². The van der Waals surface area contributed by atoms with Gasteiger partial charge in [-0.3, -0.25) is 9.78 Å². The molecule has 0 aromatic carbocycles. The minimum absolute atomic E-state index is 0.116. The number of hydrogen-bond acceptors (Lipinski definition) is 2. The zero-order chi connectivity index (χ0) is 10.8. The molecule has 1 N–H and O–H groups in total. The van der Waals surface area contributed by atoms with Crippen molar-refractivity contribution in [2.75, 3.05) is 0 Å². The molecule has 2 rings (SSSR count). The molecule has 0 aliphatic heterocycles. The fourth-order valence-corrected chi connectivity index (χ4v) is 2.74. The summed E-state index contributed by atoms with van der Waals surface area (Å²) in [6, 6.07) is 1.94. The van der Waals surface area contributed by atoms with E-state index in [9.17, 15) is 4.79 Å². The molecule has 0 saturated heterocycles. The first-order valence-electron chi connectivity index (χ1n) is 5.50. The van der Waals surface area contributed by atoms with Gasteiger partial charge in [0.05, 0.1) is 0 Å². The van der Waals surface area contributed by atoms with E-state index < -0.39 is 0 Å². The van der Waals surface area contributed by atoms with Gasteiger partial charge < -0.3 is 4.57 Å². The van der Waals surface area contributed by atoms with Gasteiger partial charge in [-0.2, -0.15) is 0 Å². The summed E-state index contributed by atoms with van der Waals surface area (Å²) in [6.45, 7) is 2.18. The number of aromatic nitrogens is 2. The Balaban J connectivity index is 2.28. The second-order valence-electron chi connectivity index (χ2n) is 4.30. The molecule has 15 heavy (non-hydrogen) atoms. The zero-order valence-corrected chi connectivity index (χ0v) is 9.72. The average Bonchev–Trinajstić information content (AvgIpc) is 2.69. The summed E-state index contributed by atoms with van der Waals surface area (Å²) in [4.78, 5) is 13.7. The van der Waals surface area contributed by atoms with E-state index in [2.05, 4.69) is 11.9 Å². The topological polar surface area (TPSA) is 37.8 Å². The Morgan fingerprint density at radius 3 is 2.80 bits per heavy atom. The number of hydrogen-bond donors (Lipinski definition) is 1. The lowest BCUT2D eigenvalue weighted by Gasteiger charge is -2.21. The summed E-state index contributed by atoms with van der Waals surface area (Å²) in [7, 11) is 0. The quantitative estimate of drug-likeness (QED) is 0.784. The molecule has 0 radical (unpaired) electrons. The van der Waals surface area contributed by atoms with Crippen LogP contribution in [0.3, 0.4) is 0 Å². The third kappa shape index (κ3) is 2.20. The fraction of sp³-hybridized carbons (Fsp3) is 0.636. The summed E-state index contributed by atoms with van der Waals surface area (Å²) in [5.74, 6) is 0.711. The Bertz CT molecular complexity index is 442. The monoisotopic (exact) mass is 224 g/mol. The summed E-state index contributed by atoms with van der Waals surface area (Å²) in [5, 5.41) is 0. The maximum Gasteiger partial charge on any atom is 0.251 e. The fourth-order valence-electron chi connectivity index (χ4n) is 2.41. The van der Waals surface area contributed by atoms with Crippen molar-refractivity contribution in [3.8, 4) is 0 Å². The van der Waals surface area contributed by atoms with Gasteiger partial charge in [-0.15, -0.1) is 0 Å². The van der Waals surface area contributed by atoms with E-state index >= 15 is 0 Å². The van der Waals surface area contributed by atoms with Crippen LogP contribution in [0.5, 0.6) is 0 Å². The first-order chi connectivity index (χ1) is 7.18. The lowest BCUT2D eigenvalue weighted by Crippen LogP contribution is -2.19. The second kappa shape index (κ2) is 4.31. The molecule has 82 valence electrons. The molecule has 1 atom stereocenters. The predicted molar refractivity (Wildman–Crippen MR) is 62.6 cm³/mol. The van der Waals surface area contributed by atoms with Gasteiger partial charge in [-0.05, 0) is 37.9 Å². The molecule has 1 fully saturated rings. The van der Waals surface area contributed by atoms with E-state index in [4.69, 9.17) is 12.2 Å². The SMILES string of the molecule is CC(C1CCCC1)n1ccc(=O)[nH]c1=S. The normalized spacial score (nSPS) is 19.3. The van der Waals surface area contributed by atoms with Gasteiger partial charge in [-0.25, -0.2) is 0 Å². The van der Waals surface area contributed by atoms with Crippen molar-refractivity contribution in [3.63, 3.8) is 0 Å². The van der Waals surface area contributed by atoms with Crippen LogP contribution >= 0.6 is 12.2 Å². The number of aromatic amines is 1. The summed E-state index contributed by atoms with van der Waals surface area (Å²) in [6.07, 6.45) is 7.02. The summed E-state index contributed by atoms with van der Waals surface area (Å²) in [5.41, 5.74) is -0.116. The van der Waals surface area contributed by atoms with Crippen LogP contribution in [0.4, 0.5) is 0 Å². The Kier molecular flexibility index (Phi) is 3.05. The lowest BCUT2D eigenvalue weighted by molar-refractivity contribution is 0.353. The molecule has 3 nitrogen and oxygen atoms in total. The molecule has 1 saturated carbocycles. The summed E-state index contributed by atoms with van der Waals surface area (Å²) >= 11 is 5.16. The molecule has 1 aliphatic carbocycles. The van der Waals surface area contributed by atoms with Crippen molar-refractivity contribution < 1.29 is 0 Å². The van der Waals surface area contributed by atoms with Gasteiger partial charge >= 0.3 is 0 Å². The van der Waals surface area contributed by atoms with Crippen LogP contribution in [0.1, 0.15) is 38.6 Å². The van der Waals surface area contributed by atoms with Gasteiger partial charge in [0.2, 0.25) is 0 Å². The van der Waals surface area contributed by atoms with E-state index in [-0.39, 0.29) is 5.56 Å². The third-order valence-corrected chi connectivity index (χ3v) is 3.68. The van der Waals surface area contributed by atoms with Crippen molar-refractivity contribution in [2.24, 2.45) is 5.92 Å². The highest BCUT2D eigenvalue weighted by atomic mass is 32.1. The molecule has 1 aliphatic rings. The molecule has 0 spiro atoms. The van der Waals surface area contributed by atoms with Crippen LogP contribution in [-0.4, -0.2) is 9.55 Å². The first-order valence-corrected chi connectivity index (χ1v) is 5.91. The minimum Gasteiger partial charge on any atom is -0.322 e. The van der Waals surface area contributed by atoms with Crippen molar-refractivity contribution in [2.45, 2.75) is 38.6 Å². The van der Waals surface area contributed by atoms with E-state index in [0.29, 0.717) is 16.7 Å². The van der Waals surface area contributed by atoms with Gasteiger partial charge in [0, 0.05) is 18.3 Å². The highest BCUT2D eigenvalue weighted by Gasteiger charge is 2.22. The molecular formula is C11H16N2OS. The number of H-pyrrole nitrogens is 1. The Labute approximate surface area is 94.1 Å². The maximum absolute atomic E-state index is 11.1. The molecule has 1 aromatic rings. The molecule has 0 amide bonds. The standard InChI is InChI=1S/C11H16N2OS/c1-8(9-4-2-3-5-9)13-7-6-10(14)12-11(13)15/h6-9H,2-5H2,1H3,(H,12,14,15). The van der Waals surface area contributed by atoms with Gasteiger partial charge in [-0.1, -0.05) is 12.8 Å². The lowest BCUT2D eigenvalue weighted by atomic mass is 10.00. The molecule has 1 heterocycles. The second-order valence-corrected chi connectivity index (χ2v) is 4.69. The van der Waals surface area contributed by atoms with Crippen LogP contribution in [0.25, 0.3) is 0 Å². The predicted octanol–water partition coefficient (Wildman–Crippen LogP) is 2.66.